The monoisotopic (exact) mass is 348 g/mol. The number of hydrogen-bond donors (Lipinski definition) is 1. The number of esters is 1. The van der Waals surface area contributed by atoms with Gasteiger partial charge in [-0.1, -0.05) is 30.3 Å². The lowest BCUT2D eigenvalue weighted by Crippen LogP contribution is -2.41. The van der Waals surface area contributed by atoms with Gasteiger partial charge in [-0.2, -0.15) is 0 Å². The van der Waals surface area contributed by atoms with Crippen molar-refractivity contribution in [2.45, 2.75) is 51.9 Å². The number of aliphatic imine (C=N–C) groups is 1. The van der Waals surface area contributed by atoms with E-state index < -0.39 is 23.7 Å². The molecule has 0 heterocycles. The van der Waals surface area contributed by atoms with Crippen molar-refractivity contribution >= 4 is 18.1 Å². The molecule has 0 saturated carbocycles. The number of carbonyl (C=O) groups is 2. The molecule has 0 aliphatic carbocycles. The molecule has 7 heteroatoms. The van der Waals surface area contributed by atoms with Crippen LogP contribution in [-0.4, -0.2) is 36.3 Å². The molecule has 0 bridgehead atoms. The number of benzene rings is 1. The van der Waals surface area contributed by atoms with Gasteiger partial charge in [0.05, 0.1) is 12.6 Å². The van der Waals surface area contributed by atoms with Crippen molar-refractivity contribution in [3.05, 3.63) is 35.9 Å². The number of alkyl carbamates (subject to hydrolysis) is 1. The fourth-order valence-corrected chi connectivity index (χ4v) is 1.93. The van der Waals surface area contributed by atoms with Crippen molar-refractivity contribution in [1.82, 2.24) is 5.32 Å². The van der Waals surface area contributed by atoms with E-state index in [0.717, 1.165) is 5.56 Å². The van der Waals surface area contributed by atoms with E-state index in [0.29, 0.717) is 0 Å². The summed E-state index contributed by atoms with van der Waals surface area (Å²) < 4.78 is 10.3. The summed E-state index contributed by atoms with van der Waals surface area (Å²) in [6.45, 7) is 5.44. The number of carbonyl (C=O) groups excluding carboxylic acids is 3. The van der Waals surface area contributed by atoms with E-state index in [1.165, 1.54) is 6.08 Å². The van der Waals surface area contributed by atoms with Crippen LogP contribution < -0.4 is 5.32 Å². The Kier molecular flexibility index (Phi) is 8.36. The number of nitrogens with zero attached hydrogens (tertiary/aromatic N) is 1. The summed E-state index contributed by atoms with van der Waals surface area (Å²) in [5.74, 6) is -0.394. The minimum atomic E-state index is -0.642. The summed E-state index contributed by atoms with van der Waals surface area (Å²) in [6.07, 6.45) is 1.15. The lowest BCUT2D eigenvalue weighted by Gasteiger charge is -2.22. The van der Waals surface area contributed by atoms with Crippen LogP contribution in [0, 0.1) is 0 Å². The number of rotatable bonds is 8. The van der Waals surface area contributed by atoms with Crippen LogP contribution in [0.2, 0.25) is 0 Å². The molecule has 0 aromatic heterocycles. The van der Waals surface area contributed by atoms with Crippen molar-refractivity contribution in [2.24, 2.45) is 4.99 Å². The Labute approximate surface area is 147 Å². The minimum absolute atomic E-state index is 0.0225. The fraction of sp³-hybridized carbons (Fsp3) is 0.500. The molecule has 1 aromatic rings. The fourth-order valence-electron chi connectivity index (χ4n) is 1.93. The van der Waals surface area contributed by atoms with Gasteiger partial charge in [0.15, 0.2) is 0 Å². The van der Waals surface area contributed by atoms with E-state index in [9.17, 15) is 14.4 Å². The number of nitrogens with one attached hydrogen (secondary N) is 1. The van der Waals surface area contributed by atoms with E-state index in [4.69, 9.17) is 9.47 Å². The van der Waals surface area contributed by atoms with Gasteiger partial charge >= 0.3 is 12.1 Å². The van der Waals surface area contributed by atoms with Gasteiger partial charge in [-0.05, 0) is 32.8 Å². The van der Waals surface area contributed by atoms with Crippen LogP contribution in [0.5, 0.6) is 0 Å². The van der Waals surface area contributed by atoms with Crippen molar-refractivity contribution in [1.29, 1.82) is 0 Å². The third-order valence-corrected chi connectivity index (χ3v) is 3.04. The molecule has 1 amide bonds. The van der Waals surface area contributed by atoms with Gasteiger partial charge in [0, 0.05) is 6.42 Å². The molecule has 0 fully saturated rings. The van der Waals surface area contributed by atoms with Gasteiger partial charge in [0.1, 0.15) is 12.2 Å². The van der Waals surface area contributed by atoms with Gasteiger partial charge in [-0.3, -0.25) is 4.79 Å². The van der Waals surface area contributed by atoms with Crippen LogP contribution in [-0.2, 0) is 25.7 Å². The quantitative estimate of drug-likeness (QED) is 0.443. The standard InChI is InChI=1S/C18H24N2O5/c1-18(2,3)25-17(23)20-15(11-19-13-21)9-10-16(22)24-12-14-7-5-4-6-8-14/h4-8,15H,9-12H2,1-3H3,(H,20,23)/t15-/m0/s1. The average Bonchev–Trinajstić information content (AvgIpc) is 2.54. The molecule has 1 rings (SSSR count). The lowest BCUT2D eigenvalue weighted by molar-refractivity contribution is -0.145. The van der Waals surface area contributed by atoms with Gasteiger partial charge < -0.3 is 14.8 Å². The summed E-state index contributed by atoms with van der Waals surface area (Å²) >= 11 is 0. The second-order valence-electron chi connectivity index (χ2n) is 6.46. The topological polar surface area (TPSA) is 94.1 Å². The Bertz CT molecular complexity index is 604. The third kappa shape index (κ3) is 9.94. The van der Waals surface area contributed by atoms with Gasteiger partial charge in [-0.15, -0.1) is 0 Å². The highest BCUT2D eigenvalue weighted by Gasteiger charge is 2.20. The molecule has 0 saturated heterocycles. The Morgan fingerprint density at radius 2 is 1.92 bits per heavy atom. The van der Waals surface area contributed by atoms with Crippen LogP contribution in [0.3, 0.4) is 0 Å². The second kappa shape index (κ2) is 10.3. The zero-order chi connectivity index (χ0) is 18.7. The highest BCUT2D eigenvalue weighted by Crippen LogP contribution is 2.09. The smallest absolute Gasteiger partial charge is 0.407 e. The van der Waals surface area contributed by atoms with Crippen LogP contribution in [0.25, 0.3) is 0 Å². The van der Waals surface area contributed by atoms with Gasteiger partial charge in [0.25, 0.3) is 0 Å². The second-order valence-corrected chi connectivity index (χ2v) is 6.46. The molecule has 1 N–H and O–H groups in total. The first-order valence-electron chi connectivity index (χ1n) is 8.03. The summed E-state index contributed by atoms with van der Waals surface area (Å²) in [7, 11) is 0. The Hall–Kier alpha value is -2.66. The lowest BCUT2D eigenvalue weighted by atomic mass is 10.1. The first-order chi connectivity index (χ1) is 11.8. The maximum absolute atomic E-state index is 11.8. The summed E-state index contributed by atoms with van der Waals surface area (Å²) in [5, 5.41) is 2.60. The van der Waals surface area contributed by atoms with Gasteiger partial charge in [0.2, 0.25) is 6.08 Å². The number of hydrogen-bond acceptors (Lipinski definition) is 6. The first-order valence-corrected chi connectivity index (χ1v) is 8.03. The van der Waals surface area contributed by atoms with E-state index in [1.54, 1.807) is 20.8 Å². The first kappa shape index (κ1) is 20.4. The van der Waals surface area contributed by atoms with E-state index in [1.807, 2.05) is 30.3 Å². The van der Waals surface area contributed by atoms with Crippen molar-refractivity contribution in [3.8, 4) is 0 Å². The Morgan fingerprint density at radius 1 is 1.24 bits per heavy atom. The van der Waals surface area contributed by atoms with Crippen molar-refractivity contribution in [3.63, 3.8) is 0 Å². The zero-order valence-electron chi connectivity index (χ0n) is 14.8. The largest absolute Gasteiger partial charge is 0.461 e. The highest BCUT2D eigenvalue weighted by molar-refractivity contribution is 5.70. The summed E-state index contributed by atoms with van der Waals surface area (Å²) in [4.78, 5) is 37.4. The molecule has 0 spiro atoms. The number of ether oxygens (including phenoxy) is 2. The summed E-state index contributed by atoms with van der Waals surface area (Å²) in [6, 6.07) is 8.81. The SMILES string of the molecule is CC(C)(C)OC(=O)N[C@@H](CCC(=O)OCc1ccccc1)CN=C=O. The molecule has 0 radical (unpaired) electrons. The average molecular weight is 348 g/mol. The molecular formula is C18H24N2O5. The van der Waals surface area contributed by atoms with Gasteiger partial charge in [-0.25, -0.2) is 14.6 Å². The van der Waals surface area contributed by atoms with E-state index >= 15 is 0 Å². The van der Waals surface area contributed by atoms with Crippen LogP contribution >= 0.6 is 0 Å². The van der Waals surface area contributed by atoms with Crippen LogP contribution in [0.15, 0.2) is 35.3 Å². The predicted molar refractivity (Wildman–Crippen MR) is 91.6 cm³/mol. The molecule has 1 aromatic carbocycles. The van der Waals surface area contributed by atoms with Crippen LogP contribution in [0.1, 0.15) is 39.2 Å². The van der Waals surface area contributed by atoms with Crippen molar-refractivity contribution < 1.29 is 23.9 Å². The molecule has 0 unspecified atom stereocenters. The third-order valence-electron chi connectivity index (χ3n) is 3.04. The summed E-state index contributed by atoms with van der Waals surface area (Å²) in [5.41, 5.74) is 0.252. The van der Waals surface area contributed by atoms with E-state index in [-0.39, 0.29) is 26.0 Å². The zero-order valence-corrected chi connectivity index (χ0v) is 14.8. The maximum Gasteiger partial charge on any atom is 0.407 e. The molecule has 0 aliphatic heterocycles. The molecular weight excluding hydrogens is 324 g/mol. The predicted octanol–water partition coefficient (Wildman–Crippen LogP) is 2.74. The molecule has 0 aliphatic rings. The molecule has 136 valence electrons. The number of amides is 1. The molecule has 1 atom stereocenters. The molecule has 25 heavy (non-hydrogen) atoms. The van der Waals surface area contributed by atoms with Crippen molar-refractivity contribution in [2.75, 3.05) is 6.54 Å². The maximum atomic E-state index is 11.8. The minimum Gasteiger partial charge on any atom is -0.461 e. The Morgan fingerprint density at radius 3 is 2.52 bits per heavy atom. The number of isocyanates is 1. The molecule has 7 nitrogen and oxygen atoms in total. The van der Waals surface area contributed by atoms with E-state index in [2.05, 4.69) is 10.3 Å². The Balaban J connectivity index is 2.44. The van der Waals surface area contributed by atoms with Crippen LogP contribution in [0.4, 0.5) is 4.79 Å². The highest BCUT2D eigenvalue weighted by atomic mass is 16.6. The normalized spacial score (nSPS) is 11.8.